The van der Waals surface area contributed by atoms with E-state index in [4.69, 9.17) is 0 Å². The van der Waals surface area contributed by atoms with Crippen molar-refractivity contribution in [3.8, 4) is 0 Å². The Bertz CT molecular complexity index is 326. The number of alkyl halides is 1. The lowest BCUT2D eigenvalue weighted by atomic mass is 9.67. The Morgan fingerprint density at radius 1 is 1.11 bits per heavy atom. The highest BCUT2D eigenvalue weighted by Crippen LogP contribution is 2.43. The maximum Gasteiger partial charge on any atom is 0.223 e. The Hall–Kier alpha value is -0.0500. The average molecular weight is 314 g/mol. The van der Waals surface area contributed by atoms with E-state index in [1.54, 1.807) is 0 Å². The van der Waals surface area contributed by atoms with E-state index in [-0.39, 0.29) is 5.54 Å². The molecule has 3 aliphatic carbocycles. The van der Waals surface area contributed by atoms with E-state index in [1.807, 2.05) is 0 Å². The van der Waals surface area contributed by atoms with Crippen LogP contribution in [0.15, 0.2) is 0 Å². The molecule has 0 aliphatic heterocycles. The van der Waals surface area contributed by atoms with Gasteiger partial charge < -0.3 is 5.32 Å². The molecule has 3 rings (SSSR count). The number of halogens is 1. The van der Waals surface area contributed by atoms with Crippen LogP contribution in [-0.4, -0.2) is 16.8 Å². The minimum Gasteiger partial charge on any atom is -0.350 e. The molecule has 3 aliphatic rings. The van der Waals surface area contributed by atoms with Crippen molar-refractivity contribution in [1.29, 1.82) is 0 Å². The standard InChI is InChI=1S/C15H24BrNO/c16-10-15(7-8-15)17-14(18)13-6-5-11-3-1-2-4-12(11)9-13/h11-13H,1-10H2,(H,17,18). The number of hydrogen-bond acceptors (Lipinski definition) is 1. The molecule has 0 aromatic carbocycles. The van der Waals surface area contributed by atoms with Crippen molar-refractivity contribution < 1.29 is 4.79 Å². The van der Waals surface area contributed by atoms with Crippen molar-refractivity contribution in [3.63, 3.8) is 0 Å². The average Bonchev–Trinajstić information content (AvgIpc) is 3.18. The maximum atomic E-state index is 12.4. The van der Waals surface area contributed by atoms with Crippen molar-refractivity contribution in [2.24, 2.45) is 17.8 Å². The highest BCUT2D eigenvalue weighted by molar-refractivity contribution is 9.09. The molecule has 3 saturated carbocycles. The molecular weight excluding hydrogens is 290 g/mol. The van der Waals surface area contributed by atoms with E-state index in [0.29, 0.717) is 11.8 Å². The molecule has 0 heterocycles. The summed E-state index contributed by atoms with van der Waals surface area (Å²) < 4.78 is 0. The van der Waals surface area contributed by atoms with Crippen LogP contribution in [0.4, 0.5) is 0 Å². The predicted octanol–water partition coefficient (Wildman–Crippen LogP) is 3.64. The molecule has 0 radical (unpaired) electrons. The number of rotatable bonds is 3. The summed E-state index contributed by atoms with van der Waals surface area (Å²) in [5.41, 5.74) is 0.125. The van der Waals surface area contributed by atoms with Crippen molar-refractivity contribution in [2.45, 2.75) is 63.3 Å². The van der Waals surface area contributed by atoms with Crippen LogP contribution in [0.5, 0.6) is 0 Å². The van der Waals surface area contributed by atoms with Gasteiger partial charge in [-0.05, 0) is 43.9 Å². The second-order valence-corrected chi connectivity index (χ2v) is 7.28. The summed E-state index contributed by atoms with van der Waals surface area (Å²) in [6.07, 6.45) is 11.5. The van der Waals surface area contributed by atoms with E-state index in [2.05, 4.69) is 21.2 Å². The van der Waals surface area contributed by atoms with Gasteiger partial charge in [0.05, 0.1) is 0 Å². The molecule has 0 spiro atoms. The van der Waals surface area contributed by atoms with Crippen molar-refractivity contribution in [1.82, 2.24) is 5.32 Å². The first-order valence-electron chi connectivity index (χ1n) is 7.60. The number of carbonyl (C=O) groups is 1. The van der Waals surface area contributed by atoms with Gasteiger partial charge in [-0.2, -0.15) is 0 Å². The minimum absolute atomic E-state index is 0.125. The van der Waals surface area contributed by atoms with Crippen LogP contribution in [0.1, 0.15) is 57.8 Å². The predicted molar refractivity (Wildman–Crippen MR) is 76.7 cm³/mol. The van der Waals surface area contributed by atoms with Crippen LogP contribution >= 0.6 is 15.9 Å². The van der Waals surface area contributed by atoms with Gasteiger partial charge in [-0.1, -0.05) is 41.6 Å². The van der Waals surface area contributed by atoms with Crippen LogP contribution in [0.2, 0.25) is 0 Å². The lowest BCUT2D eigenvalue weighted by Gasteiger charge is -2.39. The van der Waals surface area contributed by atoms with E-state index >= 15 is 0 Å². The van der Waals surface area contributed by atoms with Gasteiger partial charge in [0, 0.05) is 16.8 Å². The van der Waals surface area contributed by atoms with Gasteiger partial charge in [0.1, 0.15) is 0 Å². The Morgan fingerprint density at radius 3 is 2.50 bits per heavy atom. The molecule has 3 atom stereocenters. The summed E-state index contributed by atoms with van der Waals surface area (Å²) in [5.74, 6) is 2.44. The fourth-order valence-electron chi connectivity index (χ4n) is 3.92. The topological polar surface area (TPSA) is 29.1 Å². The number of fused-ring (bicyclic) bond motifs is 1. The van der Waals surface area contributed by atoms with Crippen molar-refractivity contribution in [2.75, 3.05) is 5.33 Å². The van der Waals surface area contributed by atoms with Crippen molar-refractivity contribution >= 4 is 21.8 Å². The zero-order chi connectivity index (χ0) is 12.6. The SMILES string of the molecule is O=C(NC1(CBr)CC1)C1CCC2CCCCC2C1. The minimum atomic E-state index is 0.125. The third-order valence-corrected chi connectivity index (χ3v) is 6.48. The van der Waals surface area contributed by atoms with Gasteiger partial charge in [-0.25, -0.2) is 0 Å². The van der Waals surface area contributed by atoms with Crippen LogP contribution in [0.3, 0.4) is 0 Å². The summed E-state index contributed by atoms with van der Waals surface area (Å²) >= 11 is 3.53. The third-order valence-electron chi connectivity index (χ3n) is 5.41. The van der Waals surface area contributed by atoms with Crippen LogP contribution in [0, 0.1) is 17.8 Å². The largest absolute Gasteiger partial charge is 0.350 e. The Balaban J connectivity index is 1.55. The molecule has 3 unspecified atom stereocenters. The summed E-state index contributed by atoms with van der Waals surface area (Å²) in [4.78, 5) is 12.4. The molecule has 18 heavy (non-hydrogen) atoms. The molecule has 102 valence electrons. The Morgan fingerprint density at radius 2 is 1.83 bits per heavy atom. The maximum absolute atomic E-state index is 12.4. The van der Waals surface area contributed by atoms with Crippen LogP contribution in [-0.2, 0) is 4.79 Å². The smallest absolute Gasteiger partial charge is 0.223 e. The number of carbonyl (C=O) groups excluding carboxylic acids is 1. The molecule has 3 fully saturated rings. The van der Waals surface area contributed by atoms with Gasteiger partial charge in [0.25, 0.3) is 0 Å². The fourth-order valence-corrected chi connectivity index (χ4v) is 4.62. The van der Waals surface area contributed by atoms with Crippen molar-refractivity contribution in [3.05, 3.63) is 0 Å². The second-order valence-electron chi connectivity index (χ2n) is 6.72. The Kier molecular flexibility index (Phi) is 3.70. The monoisotopic (exact) mass is 313 g/mol. The highest BCUT2D eigenvalue weighted by atomic mass is 79.9. The molecular formula is C15H24BrNO. The molecule has 0 saturated heterocycles. The normalized spacial score (nSPS) is 37.7. The molecule has 1 amide bonds. The number of amides is 1. The Labute approximate surface area is 118 Å². The highest BCUT2D eigenvalue weighted by Gasteiger charge is 2.44. The van der Waals surface area contributed by atoms with Gasteiger partial charge in [-0.3, -0.25) is 4.79 Å². The molecule has 1 N–H and O–H groups in total. The first-order valence-corrected chi connectivity index (χ1v) is 8.73. The molecule has 0 aromatic heterocycles. The zero-order valence-electron chi connectivity index (χ0n) is 11.1. The molecule has 0 bridgehead atoms. The first-order chi connectivity index (χ1) is 8.72. The molecule has 3 heteroatoms. The molecule has 0 aromatic rings. The van der Waals surface area contributed by atoms with Gasteiger partial charge >= 0.3 is 0 Å². The summed E-state index contributed by atoms with van der Waals surface area (Å²) in [6, 6.07) is 0. The second kappa shape index (κ2) is 5.15. The van der Waals surface area contributed by atoms with Gasteiger partial charge in [0.15, 0.2) is 0 Å². The first kappa shape index (κ1) is 13.0. The summed E-state index contributed by atoms with van der Waals surface area (Å²) in [7, 11) is 0. The zero-order valence-corrected chi connectivity index (χ0v) is 12.7. The third kappa shape index (κ3) is 2.61. The van der Waals surface area contributed by atoms with Crippen LogP contribution in [0.25, 0.3) is 0 Å². The number of nitrogens with one attached hydrogen (secondary N) is 1. The number of hydrogen-bond donors (Lipinski definition) is 1. The van der Waals surface area contributed by atoms with E-state index < -0.39 is 0 Å². The lowest BCUT2D eigenvalue weighted by Crippen LogP contribution is -2.44. The fraction of sp³-hybridized carbons (Fsp3) is 0.933. The van der Waals surface area contributed by atoms with Crippen LogP contribution < -0.4 is 5.32 Å². The van der Waals surface area contributed by atoms with E-state index in [0.717, 1.165) is 42.8 Å². The quantitative estimate of drug-likeness (QED) is 0.792. The van der Waals surface area contributed by atoms with E-state index in [9.17, 15) is 4.79 Å². The summed E-state index contributed by atoms with van der Waals surface area (Å²) in [5, 5.41) is 4.22. The van der Waals surface area contributed by atoms with Gasteiger partial charge in [0.2, 0.25) is 5.91 Å². The molecule has 2 nitrogen and oxygen atoms in total. The van der Waals surface area contributed by atoms with Gasteiger partial charge in [-0.15, -0.1) is 0 Å². The van der Waals surface area contributed by atoms with E-state index in [1.165, 1.54) is 32.1 Å². The lowest BCUT2D eigenvalue weighted by molar-refractivity contribution is -0.128. The summed E-state index contributed by atoms with van der Waals surface area (Å²) in [6.45, 7) is 0.